The third-order valence-electron chi connectivity index (χ3n) is 3.37. The SMILES string of the molecule is Cc1c(Cl)c(C(F)(F)F)nn1CC(=O)NC(C)c1ccccc1. The maximum atomic E-state index is 12.8. The van der Waals surface area contributed by atoms with E-state index in [-0.39, 0.29) is 18.3 Å². The van der Waals surface area contributed by atoms with Gasteiger partial charge in [0.2, 0.25) is 5.91 Å². The summed E-state index contributed by atoms with van der Waals surface area (Å²) in [7, 11) is 0. The van der Waals surface area contributed by atoms with Crippen LogP contribution in [0.15, 0.2) is 30.3 Å². The average molecular weight is 346 g/mol. The fourth-order valence-electron chi connectivity index (χ4n) is 2.11. The number of hydrogen-bond acceptors (Lipinski definition) is 2. The molecule has 0 fully saturated rings. The van der Waals surface area contributed by atoms with E-state index in [1.807, 2.05) is 30.3 Å². The molecule has 0 aliphatic heterocycles. The minimum Gasteiger partial charge on any atom is -0.348 e. The molecular weight excluding hydrogens is 331 g/mol. The zero-order valence-electron chi connectivity index (χ0n) is 12.5. The summed E-state index contributed by atoms with van der Waals surface area (Å²) in [6.45, 7) is 2.84. The minimum atomic E-state index is -4.65. The van der Waals surface area contributed by atoms with Gasteiger partial charge in [-0.1, -0.05) is 41.9 Å². The molecule has 124 valence electrons. The predicted octanol–water partition coefficient (Wildman–Crippen LogP) is 3.74. The van der Waals surface area contributed by atoms with Crippen molar-refractivity contribution in [3.05, 3.63) is 52.3 Å². The first-order valence-corrected chi connectivity index (χ1v) is 7.22. The highest BCUT2D eigenvalue weighted by Crippen LogP contribution is 2.35. The molecule has 4 nitrogen and oxygen atoms in total. The topological polar surface area (TPSA) is 46.9 Å². The number of amides is 1. The largest absolute Gasteiger partial charge is 0.436 e. The van der Waals surface area contributed by atoms with E-state index >= 15 is 0 Å². The summed E-state index contributed by atoms with van der Waals surface area (Å²) >= 11 is 5.65. The van der Waals surface area contributed by atoms with Gasteiger partial charge in [-0.25, -0.2) is 0 Å². The van der Waals surface area contributed by atoms with E-state index in [4.69, 9.17) is 11.6 Å². The lowest BCUT2D eigenvalue weighted by atomic mass is 10.1. The van der Waals surface area contributed by atoms with Gasteiger partial charge in [-0.05, 0) is 19.4 Å². The van der Waals surface area contributed by atoms with Crippen LogP contribution in [-0.4, -0.2) is 15.7 Å². The van der Waals surface area contributed by atoms with Crippen molar-refractivity contribution in [1.29, 1.82) is 0 Å². The monoisotopic (exact) mass is 345 g/mol. The van der Waals surface area contributed by atoms with Gasteiger partial charge in [-0.2, -0.15) is 18.3 Å². The molecule has 0 saturated heterocycles. The Morgan fingerprint density at radius 1 is 1.35 bits per heavy atom. The van der Waals surface area contributed by atoms with Crippen molar-refractivity contribution < 1.29 is 18.0 Å². The number of aromatic nitrogens is 2. The van der Waals surface area contributed by atoms with Crippen LogP contribution in [0.1, 0.15) is 29.9 Å². The lowest BCUT2D eigenvalue weighted by molar-refractivity contribution is -0.141. The minimum absolute atomic E-state index is 0.0986. The molecule has 23 heavy (non-hydrogen) atoms. The molecule has 0 aliphatic rings. The van der Waals surface area contributed by atoms with Gasteiger partial charge >= 0.3 is 6.18 Å². The van der Waals surface area contributed by atoms with Gasteiger partial charge in [0.05, 0.1) is 16.8 Å². The van der Waals surface area contributed by atoms with Crippen molar-refractivity contribution in [3.8, 4) is 0 Å². The van der Waals surface area contributed by atoms with Crippen molar-refractivity contribution >= 4 is 17.5 Å². The predicted molar refractivity (Wildman–Crippen MR) is 80.0 cm³/mol. The molecule has 2 rings (SSSR count). The van der Waals surface area contributed by atoms with E-state index in [1.54, 1.807) is 6.92 Å². The first kappa shape index (κ1) is 17.3. The smallest absolute Gasteiger partial charge is 0.348 e. The van der Waals surface area contributed by atoms with Crippen molar-refractivity contribution in [3.63, 3.8) is 0 Å². The van der Waals surface area contributed by atoms with Gasteiger partial charge in [0.15, 0.2) is 5.69 Å². The van der Waals surface area contributed by atoms with Crippen molar-refractivity contribution in [2.45, 2.75) is 32.6 Å². The zero-order valence-corrected chi connectivity index (χ0v) is 13.2. The van der Waals surface area contributed by atoms with E-state index in [0.717, 1.165) is 10.2 Å². The Labute approximate surface area is 136 Å². The van der Waals surface area contributed by atoms with Gasteiger partial charge in [0.1, 0.15) is 6.54 Å². The van der Waals surface area contributed by atoms with E-state index in [1.165, 1.54) is 6.92 Å². The second kappa shape index (κ2) is 6.62. The molecule has 0 radical (unpaired) electrons. The van der Waals surface area contributed by atoms with Gasteiger partial charge < -0.3 is 5.32 Å². The molecule has 1 aromatic heterocycles. The maximum absolute atomic E-state index is 12.8. The van der Waals surface area contributed by atoms with Crippen LogP contribution in [0.4, 0.5) is 13.2 Å². The number of benzene rings is 1. The number of alkyl halides is 3. The summed E-state index contributed by atoms with van der Waals surface area (Å²) in [5, 5.41) is 5.63. The molecule has 1 atom stereocenters. The third-order valence-corrected chi connectivity index (χ3v) is 3.82. The number of nitrogens with one attached hydrogen (secondary N) is 1. The van der Waals surface area contributed by atoms with Crippen molar-refractivity contribution in [1.82, 2.24) is 15.1 Å². The summed E-state index contributed by atoms with van der Waals surface area (Å²) in [4.78, 5) is 12.0. The second-order valence-corrected chi connectivity index (χ2v) is 5.48. The number of rotatable bonds is 4. The van der Waals surface area contributed by atoms with Crippen LogP contribution in [0.5, 0.6) is 0 Å². The van der Waals surface area contributed by atoms with E-state index in [0.29, 0.717) is 0 Å². The second-order valence-electron chi connectivity index (χ2n) is 5.10. The Balaban J connectivity index is 2.09. The molecule has 0 saturated carbocycles. The Hall–Kier alpha value is -2.02. The molecule has 0 spiro atoms. The maximum Gasteiger partial charge on any atom is 0.436 e. The Kier molecular flexibility index (Phi) is 4.99. The number of halogens is 4. The molecule has 2 aromatic rings. The standard InChI is InChI=1S/C15H15ClF3N3O/c1-9(11-6-4-3-5-7-11)20-12(23)8-22-10(2)13(16)14(21-22)15(17,18)19/h3-7,9H,8H2,1-2H3,(H,20,23). The van der Waals surface area contributed by atoms with Gasteiger partial charge in [-0.15, -0.1) is 0 Å². The summed E-state index contributed by atoms with van der Waals surface area (Å²) in [5.74, 6) is -0.447. The van der Waals surface area contributed by atoms with Gasteiger partial charge in [-0.3, -0.25) is 9.48 Å². The van der Waals surface area contributed by atoms with Crippen LogP contribution in [0.3, 0.4) is 0 Å². The molecule has 0 bridgehead atoms. The van der Waals surface area contributed by atoms with Crippen LogP contribution in [0, 0.1) is 6.92 Å². The fourth-order valence-corrected chi connectivity index (χ4v) is 2.35. The van der Waals surface area contributed by atoms with E-state index in [2.05, 4.69) is 10.4 Å². The van der Waals surface area contributed by atoms with E-state index < -0.39 is 22.8 Å². The van der Waals surface area contributed by atoms with Crippen molar-refractivity contribution in [2.75, 3.05) is 0 Å². The molecule has 1 heterocycles. The summed E-state index contributed by atoms with van der Waals surface area (Å²) < 4.78 is 39.2. The van der Waals surface area contributed by atoms with Gasteiger partial charge in [0, 0.05) is 0 Å². The first-order valence-electron chi connectivity index (χ1n) is 6.84. The summed E-state index contributed by atoms with van der Waals surface area (Å²) in [5.41, 5.74) is -0.186. The lowest BCUT2D eigenvalue weighted by Crippen LogP contribution is -2.30. The highest BCUT2D eigenvalue weighted by Gasteiger charge is 2.38. The number of hydrogen-bond donors (Lipinski definition) is 1. The molecular formula is C15H15ClF3N3O. The highest BCUT2D eigenvalue weighted by molar-refractivity contribution is 6.32. The molecule has 1 unspecified atom stereocenters. The number of carbonyl (C=O) groups is 1. The Morgan fingerprint density at radius 3 is 2.48 bits per heavy atom. The highest BCUT2D eigenvalue weighted by atomic mass is 35.5. The molecule has 8 heteroatoms. The lowest BCUT2D eigenvalue weighted by Gasteiger charge is -2.14. The van der Waals surface area contributed by atoms with Crippen molar-refractivity contribution in [2.24, 2.45) is 0 Å². The normalized spacial score (nSPS) is 13.0. The summed E-state index contributed by atoms with van der Waals surface area (Å²) in [6.07, 6.45) is -4.65. The Bertz CT molecular complexity index is 698. The third kappa shape index (κ3) is 4.04. The van der Waals surface area contributed by atoms with Crippen LogP contribution >= 0.6 is 11.6 Å². The number of nitrogens with zero attached hydrogens (tertiary/aromatic N) is 2. The molecule has 1 amide bonds. The zero-order chi connectivity index (χ0) is 17.2. The Morgan fingerprint density at radius 2 is 1.96 bits per heavy atom. The van der Waals surface area contributed by atoms with Crippen LogP contribution in [-0.2, 0) is 17.5 Å². The first-order chi connectivity index (χ1) is 10.7. The van der Waals surface area contributed by atoms with Crippen LogP contribution in [0.2, 0.25) is 5.02 Å². The van der Waals surface area contributed by atoms with Gasteiger partial charge in [0.25, 0.3) is 0 Å². The fraction of sp³-hybridized carbons (Fsp3) is 0.333. The molecule has 1 N–H and O–H groups in total. The average Bonchev–Trinajstić information content (AvgIpc) is 2.76. The quantitative estimate of drug-likeness (QED) is 0.917. The molecule has 1 aromatic carbocycles. The summed E-state index contributed by atoms with van der Waals surface area (Å²) in [6, 6.07) is 8.96. The van der Waals surface area contributed by atoms with Crippen LogP contribution in [0.25, 0.3) is 0 Å². The van der Waals surface area contributed by atoms with Crippen LogP contribution < -0.4 is 5.32 Å². The molecule has 0 aliphatic carbocycles. The number of carbonyl (C=O) groups excluding carboxylic acids is 1. The van der Waals surface area contributed by atoms with E-state index in [9.17, 15) is 18.0 Å².